The third kappa shape index (κ3) is 6.62. The molecule has 14 heteroatoms. The van der Waals surface area contributed by atoms with E-state index < -0.39 is 18.0 Å². The third-order valence-corrected chi connectivity index (χ3v) is 6.30. The van der Waals surface area contributed by atoms with E-state index in [9.17, 15) is 27.2 Å². The van der Waals surface area contributed by atoms with Gasteiger partial charge >= 0.3 is 12.1 Å². The number of carboxylic acids is 1. The second-order valence-electron chi connectivity index (χ2n) is 8.75. The Balaban J connectivity index is 0.000000479. The molecule has 8 nitrogen and oxygen atoms in total. The lowest BCUT2D eigenvalue weighted by molar-refractivity contribution is -0.192. The highest BCUT2D eigenvalue weighted by molar-refractivity contribution is 6.42. The van der Waals surface area contributed by atoms with E-state index in [2.05, 4.69) is 9.88 Å². The van der Waals surface area contributed by atoms with E-state index in [1.807, 2.05) is 14.1 Å². The molecule has 0 aliphatic carbocycles. The predicted octanol–water partition coefficient (Wildman–Crippen LogP) is 3.93. The van der Waals surface area contributed by atoms with Crippen LogP contribution in [0, 0.1) is 11.7 Å². The number of nitrogens with zero attached hydrogens (tertiary/aromatic N) is 3. The van der Waals surface area contributed by atoms with Crippen molar-refractivity contribution in [2.24, 2.45) is 5.92 Å². The molecule has 1 aliphatic heterocycles. The van der Waals surface area contributed by atoms with Gasteiger partial charge in [-0.1, -0.05) is 29.3 Å². The van der Waals surface area contributed by atoms with Crippen molar-refractivity contribution in [3.63, 3.8) is 0 Å². The lowest BCUT2D eigenvalue weighted by atomic mass is 9.97. The fourth-order valence-electron chi connectivity index (χ4n) is 3.92. The Labute approximate surface area is 218 Å². The number of alkyl halides is 3. The normalized spacial score (nSPS) is 13.9. The highest BCUT2D eigenvalue weighted by Gasteiger charge is 2.38. The van der Waals surface area contributed by atoms with Crippen molar-refractivity contribution in [1.29, 1.82) is 0 Å². The van der Waals surface area contributed by atoms with Crippen LogP contribution in [0.25, 0.3) is 5.52 Å². The number of aromatic nitrogens is 2. The minimum atomic E-state index is -5.08. The molecular formula is C23H22Cl2F4N4O4. The summed E-state index contributed by atoms with van der Waals surface area (Å²) in [6.45, 7) is 2.14. The SMILES string of the molecule is CN(C)CC1CN(C(=O)c2cc(Cc3c[nH]c(=O)c4cc(Cl)c(Cl)n34)ccc2F)C1.O=C(O)C(F)(F)F. The Kier molecular flexibility index (Phi) is 8.56. The summed E-state index contributed by atoms with van der Waals surface area (Å²) in [6.07, 6.45) is -3.20. The van der Waals surface area contributed by atoms with Crippen LogP contribution in [0.2, 0.25) is 10.2 Å². The number of nitrogens with one attached hydrogen (secondary N) is 1. The lowest BCUT2D eigenvalue weighted by Gasteiger charge is -2.40. The number of amides is 1. The van der Waals surface area contributed by atoms with Crippen molar-refractivity contribution in [2.45, 2.75) is 12.6 Å². The van der Waals surface area contributed by atoms with Crippen molar-refractivity contribution in [3.05, 3.63) is 73.6 Å². The number of rotatable bonds is 5. The van der Waals surface area contributed by atoms with Crippen LogP contribution in [0.4, 0.5) is 17.6 Å². The van der Waals surface area contributed by atoms with Crippen LogP contribution in [-0.4, -0.2) is 76.1 Å². The van der Waals surface area contributed by atoms with Gasteiger partial charge < -0.3 is 19.9 Å². The van der Waals surface area contributed by atoms with Crippen LogP contribution in [0.1, 0.15) is 21.6 Å². The Morgan fingerprint density at radius 1 is 1.19 bits per heavy atom. The Morgan fingerprint density at radius 3 is 2.38 bits per heavy atom. The standard InChI is InChI=1S/C21H21Cl2FN4O2.C2HF3O2/c1-26(2)9-13-10-27(11-13)21(30)15-6-12(3-4-17(15)24)5-14-8-25-20(29)18-7-16(22)19(23)28(14)18;3-2(4,5)1(6)7/h3-4,6-8,13H,5,9-11H2,1-2H3,(H,25,29);(H,6,7). The van der Waals surface area contributed by atoms with Crippen LogP contribution in [0.15, 0.2) is 35.3 Å². The smallest absolute Gasteiger partial charge is 0.475 e. The molecule has 4 rings (SSSR count). The van der Waals surface area contributed by atoms with Gasteiger partial charge in [-0.05, 0) is 37.9 Å². The van der Waals surface area contributed by atoms with Crippen LogP contribution < -0.4 is 5.56 Å². The average molecular weight is 565 g/mol. The second kappa shape index (κ2) is 11.1. The zero-order chi connectivity index (χ0) is 27.7. The number of fused-ring (bicyclic) bond motifs is 1. The molecule has 0 saturated carbocycles. The van der Waals surface area contributed by atoms with E-state index in [4.69, 9.17) is 33.1 Å². The summed E-state index contributed by atoms with van der Waals surface area (Å²) < 4.78 is 47.7. The Hall–Kier alpha value is -3.09. The van der Waals surface area contributed by atoms with E-state index >= 15 is 0 Å². The largest absolute Gasteiger partial charge is 0.490 e. The van der Waals surface area contributed by atoms with E-state index in [-0.39, 0.29) is 27.2 Å². The number of halogens is 6. The molecule has 2 N–H and O–H groups in total. The highest BCUT2D eigenvalue weighted by atomic mass is 35.5. The number of benzene rings is 1. The van der Waals surface area contributed by atoms with Gasteiger partial charge in [-0.25, -0.2) is 9.18 Å². The van der Waals surface area contributed by atoms with Crippen LogP contribution in [0.5, 0.6) is 0 Å². The maximum Gasteiger partial charge on any atom is 0.490 e. The molecule has 0 unspecified atom stereocenters. The van der Waals surface area contributed by atoms with Crippen molar-refractivity contribution in [2.75, 3.05) is 33.7 Å². The maximum absolute atomic E-state index is 14.4. The summed E-state index contributed by atoms with van der Waals surface area (Å²) in [4.78, 5) is 40.1. The molecule has 1 amide bonds. The molecule has 37 heavy (non-hydrogen) atoms. The fourth-order valence-corrected chi connectivity index (χ4v) is 4.36. The molecule has 1 saturated heterocycles. The average Bonchev–Trinajstić information content (AvgIpc) is 3.08. The summed E-state index contributed by atoms with van der Waals surface area (Å²) in [7, 11) is 3.98. The van der Waals surface area contributed by atoms with Crippen molar-refractivity contribution < 1.29 is 32.3 Å². The highest BCUT2D eigenvalue weighted by Crippen LogP contribution is 2.27. The maximum atomic E-state index is 14.4. The van der Waals surface area contributed by atoms with Gasteiger partial charge in [0.25, 0.3) is 11.5 Å². The minimum Gasteiger partial charge on any atom is -0.475 e. The predicted molar refractivity (Wildman–Crippen MR) is 129 cm³/mol. The number of likely N-dealkylation sites (tertiary alicyclic amines) is 1. The quantitative estimate of drug-likeness (QED) is 0.457. The first kappa shape index (κ1) is 28.5. The van der Waals surface area contributed by atoms with Gasteiger partial charge in [-0.15, -0.1) is 0 Å². The van der Waals surface area contributed by atoms with E-state index in [0.717, 1.165) is 12.1 Å². The molecule has 0 spiro atoms. The van der Waals surface area contributed by atoms with E-state index in [1.54, 1.807) is 27.6 Å². The van der Waals surface area contributed by atoms with Gasteiger partial charge in [0.1, 0.15) is 16.5 Å². The summed E-state index contributed by atoms with van der Waals surface area (Å²) in [5.41, 5.74) is 1.45. The molecule has 0 bridgehead atoms. The number of aliphatic carboxylic acids is 1. The first-order valence-corrected chi connectivity index (χ1v) is 11.5. The molecule has 200 valence electrons. The second-order valence-corrected chi connectivity index (χ2v) is 9.51. The number of H-pyrrole nitrogens is 1. The number of hydrogen-bond donors (Lipinski definition) is 2. The zero-order valence-electron chi connectivity index (χ0n) is 19.6. The first-order valence-electron chi connectivity index (χ1n) is 10.8. The summed E-state index contributed by atoms with van der Waals surface area (Å²) in [5.74, 6) is -3.20. The molecule has 1 fully saturated rings. The molecule has 0 atom stereocenters. The van der Waals surface area contributed by atoms with Crippen LogP contribution >= 0.6 is 23.2 Å². The van der Waals surface area contributed by atoms with Gasteiger partial charge in [-0.3, -0.25) is 14.0 Å². The van der Waals surface area contributed by atoms with Crippen molar-refractivity contribution in [3.8, 4) is 0 Å². The molecule has 2 aromatic heterocycles. The fraction of sp³-hybridized carbons (Fsp3) is 0.348. The molecular weight excluding hydrogens is 543 g/mol. The third-order valence-electron chi connectivity index (χ3n) is 5.54. The van der Waals surface area contributed by atoms with Crippen LogP contribution in [0.3, 0.4) is 0 Å². The number of carbonyl (C=O) groups is 2. The summed E-state index contributed by atoms with van der Waals surface area (Å²) in [5, 5.41) is 7.63. The van der Waals surface area contributed by atoms with Gasteiger partial charge in [0.05, 0.1) is 10.6 Å². The van der Waals surface area contributed by atoms with Gasteiger partial charge in [0.15, 0.2) is 0 Å². The van der Waals surface area contributed by atoms with E-state index in [1.165, 1.54) is 12.1 Å². The molecule has 1 aliphatic rings. The molecule has 3 aromatic rings. The first-order chi connectivity index (χ1) is 17.2. The summed E-state index contributed by atoms with van der Waals surface area (Å²) >= 11 is 12.3. The monoisotopic (exact) mass is 564 g/mol. The van der Waals surface area contributed by atoms with Gasteiger partial charge in [-0.2, -0.15) is 13.2 Å². The topological polar surface area (TPSA) is 98.1 Å². The van der Waals surface area contributed by atoms with Crippen molar-refractivity contribution in [1.82, 2.24) is 19.2 Å². The van der Waals surface area contributed by atoms with Gasteiger partial charge in [0, 0.05) is 43.9 Å². The number of carbonyl (C=O) groups excluding carboxylic acids is 1. The number of aromatic amines is 1. The van der Waals surface area contributed by atoms with E-state index in [0.29, 0.717) is 36.6 Å². The van der Waals surface area contributed by atoms with Gasteiger partial charge in [0.2, 0.25) is 0 Å². The van der Waals surface area contributed by atoms with Crippen LogP contribution in [-0.2, 0) is 11.2 Å². The number of hydrogen-bond acceptors (Lipinski definition) is 4. The Bertz CT molecular complexity index is 1380. The Morgan fingerprint density at radius 2 is 1.81 bits per heavy atom. The minimum absolute atomic E-state index is 0.0492. The molecule has 1 aromatic carbocycles. The summed E-state index contributed by atoms with van der Waals surface area (Å²) in [6, 6.07) is 5.98. The lowest BCUT2D eigenvalue weighted by Crippen LogP contribution is -2.53. The zero-order valence-corrected chi connectivity index (χ0v) is 21.1. The van der Waals surface area contributed by atoms with Crippen molar-refractivity contribution >= 4 is 40.6 Å². The number of carboxylic acid groups (broad SMARTS) is 1. The molecule has 0 radical (unpaired) electrons. The molecule has 3 heterocycles.